The van der Waals surface area contributed by atoms with E-state index in [4.69, 9.17) is 0 Å². The first-order valence-electron chi connectivity index (χ1n) is 42.4. The topological polar surface area (TPSA) is 73.8 Å². The summed E-state index contributed by atoms with van der Waals surface area (Å²) in [6, 6.07) is 131. The molecule has 123 heavy (non-hydrogen) atoms. The Balaban J connectivity index is 0.622. The van der Waals surface area contributed by atoms with Crippen molar-refractivity contribution >= 4 is 152 Å². The van der Waals surface area contributed by atoms with E-state index in [2.05, 4.69) is 356 Å². The zero-order valence-corrected chi connectivity index (χ0v) is 66.7. The predicted molar refractivity (Wildman–Crippen MR) is 510 cm³/mol. The fourth-order valence-electron chi connectivity index (χ4n) is 23.2. The van der Waals surface area contributed by atoms with E-state index in [-0.39, 0.29) is 22.6 Å². The van der Waals surface area contributed by atoms with Crippen LogP contribution in [0.15, 0.2) is 378 Å². The van der Waals surface area contributed by atoms with E-state index in [0.717, 1.165) is 209 Å². The van der Waals surface area contributed by atoms with Gasteiger partial charge in [-0.2, -0.15) is 0 Å². The summed E-state index contributed by atoms with van der Waals surface area (Å²) in [7, 11) is 0. The third-order valence-electron chi connectivity index (χ3n) is 28.3. The molecular weight excluding hydrogens is 1500 g/mol. The van der Waals surface area contributed by atoms with Crippen LogP contribution in [-0.2, 0) is 5.41 Å². The van der Waals surface area contributed by atoms with Crippen LogP contribution in [0, 0.1) is 0 Å². The number of fused-ring (bicyclic) bond motifs is 26. The third kappa shape index (κ3) is 8.65. The van der Waals surface area contributed by atoms with Crippen LogP contribution < -0.4 is 16.7 Å². The highest BCUT2D eigenvalue weighted by molar-refractivity contribution is 6.34. The molecular formula is C115H67N5O3. The minimum absolute atomic E-state index is 0.00220. The van der Waals surface area contributed by atoms with E-state index in [1.165, 1.54) is 38.9 Å². The van der Waals surface area contributed by atoms with Gasteiger partial charge in [0, 0.05) is 104 Å². The highest BCUT2D eigenvalue weighted by Gasteiger charge is 2.45. The van der Waals surface area contributed by atoms with Gasteiger partial charge in [-0.15, -0.1) is 0 Å². The molecule has 1 unspecified atom stereocenters. The number of hydrogen-bond donors (Lipinski definition) is 0. The summed E-state index contributed by atoms with van der Waals surface area (Å²) >= 11 is 0. The minimum atomic E-state index is -0.407. The predicted octanol–water partition coefficient (Wildman–Crippen LogP) is 27.5. The Labute approximate surface area is 701 Å². The number of benzene rings is 18. The van der Waals surface area contributed by atoms with Gasteiger partial charge in [-0.1, -0.05) is 263 Å². The van der Waals surface area contributed by atoms with Crippen molar-refractivity contribution in [3.05, 3.63) is 423 Å². The first-order chi connectivity index (χ1) is 60.6. The van der Waals surface area contributed by atoms with E-state index >= 15 is 9.59 Å². The van der Waals surface area contributed by atoms with Crippen LogP contribution >= 0.6 is 0 Å². The maximum absolute atomic E-state index is 16.7. The van der Waals surface area contributed by atoms with Gasteiger partial charge in [0.05, 0.1) is 66.1 Å². The fraction of sp³-hybridized carbons (Fsp3) is 0.0348. The van der Waals surface area contributed by atoms with Crippen molar-refractivity contribution in [1.29, 1.82) is 0 Å². The Morgan fingerprint density at radius 3 is 1.30 bits per heavy atom. The van der Waals surface area contributed by atoms with Gasteiger partial charge in [-0.3, -0.25) is 27.6 Å². The van der Waals surface area contributed by atoms with Gasteiger partial charge in [0.2, 0.25) is 0 Å². The fourth-order valence-corrected chi connectivity index (χ4v) is 23.2. The molecule has 8 heteroatoms. The molecule has 0 bridgehead atoms. The lowest BCUT2D eigenvalue weighted by Gasteiger charge is -2.39. The lowest BCUT2D eigenvalue weighted by molar-refractivity contribution is 0.601. The number of aromatic nitrogens is 5. The zero-order chi connectivity index (χ0) is 80.8. The molecule has 8 aromatic heterocycles. The van der Waals surface area contributed by atoms with Gasteiger partial charge >= 0.3 is 0 Å². The maximum atomic E-state index is 16.7. The summed E-state index contributed by atoms with van der Waals surface area (Å²) in [5, 5.41) is 16.6. The molecule has 0 saturated carbocycles. The molecule has 570 valence electrons. The van der Waals surface area contributed by atoms with Crippen molar-refractivity contribution in [3.8, 4) is 83.6 Å². The van der Waals surface area contributed by atoms with E-state index < -0.39 is 5.41 Å². The second-order valence-electron chi connectivity index (χ2n) is 34.7. The number of pyridine rings is 2. The Morgan fingerprint density at radius 1 is 0.228 bits per heavy atom. The molecule has 1 atom stereocenters. The van der Waals surface area contributed by atoms with Crippen molar-refractivity contribution < 1.29 is 0 Å². The molecule has 0 N–H and O–H groups in total. The minimum Gasteiger partial charge on any atom is -0.309 e. The van der Waals surface area contributed by atoms with E-state index in [9.17, 15) is 4.79 Å². The number of rotatable bonds is 7. The van der Waals surface area contributed by atoms with Crippen LogP contribution in [0.4, 0.5) is 0 Å². The first kappa shape index (κ1) is 66.9. The van der Waals surface area contributed by atoms with Crippen molar-refractivity contribution in [1.82, 2.24) is 22.2 Å². The Bertz CT molecular complexity index is 9500. The molecule has 2 aliphatic carbocycles. The summed E-state index contributed by atoms with van der Waals surface area (Å²) in [5.41, 5.74) is 32.6. The van der Waals surface area contributed by atoms with Crippen LogP contribution in [0.5, 0.6) is 0 Å². The smallest absolute Gasteiger partial charge is 0.265 e. The summed E-state index contributed by atoms with van der Waals surface area (Å²) in [5.74, 6) is -0.106. The average molecular weight is 1570 g/mol. The van der Waals surface area contributed by atoms with Gasteiger partial charge < -0.3 is 8.97 Å². The molecule has 0 fully saturated rings. The molecule has 8 heterocycles. The van der Waals surface area contributed by atoms with Crippen molar-refractivity contribution in [3.63, 3.8) is 0 Å². The maximum Gasteiger partial charge on any atom is 0.265 e. The van der Waals surface area contributed by atoms with Crippen LogP contribution in [-0.4, -0.2) is 22.2 Å². The quantitative estimate of drug-likeness (QED) is 0.149. The highest BCUT2D eigenvalue weighted by Crippen LogP contribution is 2.61. The first-order valence-corrected chi connectivity index (χ1v) is 42.4. The van der Waals surface area contributed by atoms with Crippen molar-refractivity contribution in [2.24, 2.45) is 0 Å². The van der Waals surface area contributed by atoms with Gasteiger partial charge in [-0.05, 0) is 221 Å². The Hall–Kier alpha value is -16.0. The van der Waals surface area contributed by atoms with E-state index in [1.807, 2.05) is 43.5 Å². The number of hydrogen-bond acceptors (Lipinski definition) is 3. The molecule has 18 aromatic carbocycles. The molecule has 28 rings (SSSR count). The average Bonchev–Trinajstić information content (AvgIpc) is 1.51. The molecule has 0 aliphatic heterocycles. The van der Waals surface area contributed by atoms with Gasteiger partial charge in [0.1, 0.15) is 0 Å². The highest BCUT2D eigenvalue weighted by atomic mass is 16.1. The van der Waals surface area contributed by atoms with Crippen LogP contribution in [0.2, 0.25) is 0 Å². The normalized spacial score (nSPS) is 13.9. The largest absolute Gasteiger partial charge is 0.309 e. The Kier molecular flexibility index (Phi) is 13.0. The van der Waals surface area contributed by atoms with Crippen molar-refractivity contribution in [2.45, 2.75) is 25.2 Å². The SMILES string of the molecule is CC1(C)c2ccccc2C2c3c(-c4ccc5c(c4)c(=O)n4c6ccccc6c6c(-c7ccccc7)c(-c7ccccc7)c7c8ccccc8n5c7c64)cccc3-c3cc(-c4cc5c6ccc(-c7ccc8c9cc(-c%10cc%11c%12ccccc%12c(=O)n%12c%13ccccc%13c(c%10)c%11%12)ccc9n(-c9ccccc9)c8c7)cc6c(=O)n6c7ccccc7c(c4)c56)cc1c32. The lowest BCUT2D eigenvalue weighted by atomic mass is 9.64. The summed E-state index contributed by atoms with van der Waals surface area (Å²) in [6.45, 7) is 4.80. The molecule has 0 spiro atoms. The van der Waals surface area contributed by atoms with Crippen molar-refractivity contribution in [2.75, 3.05) is 0 Å². The van der Waals surface area contributed by atoms with Crippen LogP contribution in [0.25, 0.3) is 236 Å². The van der Waals surface area contributed by atoms with Crippen LogP contribution in [0.3, 0.4) is 0 Å². The van der Waals surface area contributed by atoms with Crippen LogP contribution in [0.1, 0.15) is 47.6 Å². The second-order valence-corrected chi connectivity index (χ2v) is 34.7. The van der Waals surface area contributed by atoms with Gasteiger partial charge in [-0.25, -0.2) is 0 Å². The molecule has 2 aliphatic rings. The molecule has 26 aromatic rings. The number of para-hydroxylation sites is 5. The standard InChI is InChI=1S/C115H67N5O3/c1-115(2)92-40-19-14-35-81(92)105-103-73(68-48-52-99-91(55-68)114(123)120-97-44-23-18-37-83(97)107-102(64-27-8-4-9-28-64)101(63-25-6-3-7-26-63)106-82-36-17-22-43-96(82)117(99)110(106)111(107)120)38-24-39-79(103)85-56-71(61-93(115)104(85)105)70-59-87-75-49-45-65(54-90(75)113(122)119-95-42-21-16-33-77(95)89(60-70)109(87)119)67-46-50-78-84-53-66(47-51-98(84)116(100(78)62-67)72-29-10-5-11-30-72)69-57-86-74-31-12-13-34-80(74)112(121)118-94-41-20-15-32-76(94)88(58-69)108(86)118/h3-62,105H,1-2H3. The molecule has 0 amide bonds. The lowest BCUT2D eigenvalue weighted by Crippen LogP contribution is -2.29. The summed E-state index contributed by atoms with van der Waals surface area (Å²) in [6.07, 6.45) is 0. The van der Waals surface area contributed by atoms with E-state index in [1.54, 1.807) is 0 Å². The second kappa shape index (κ2) is 23.9. The Morgan fingerprint density at radius 2 is 0.642 bits per heavy atom. The zero-order valence-electron chi connectivity index (χ0n) is 66.7. The molecule has 8 nitrogen and oxygen atoms in total. The molecule has 0 radical (unpaired) electrons. The third-order valence-corrected chi connectivity index (χ3v) is 28.3. The number of nitrogens with zero attached hydrogens (tertiary/aromatic N) is 5. The molecule has 0 saturated heterocycles. The summed E-state index contributed by atoms with van der Waals surface area (Å²) < 4.78 is 10.7. The summed E-state index contributed by atoms with van der Waals surface area (Å²) in [4.78, 5) is 46.9. The van der Waals surface area contributed by atoms with E-state index in [0.29, 0.717) is 16.2 Å². The van der Waals surface area contributed by atoms with Gasteiger partial charge in [0.15, 0.2) is 0 Å². The van der Waals surface area contributed by atoms with Gasteiger partial charge in [0.25, 0.3) is 16.7 Å². The monoisotopic (exact) mass is 1570 g/mol.